The van der Waals surface area contributed by atoms with Crippen LogP contribution in [0.15, 0.2) is 0 Å². The van der Waals surface area contributed by atoms with E-state index in [1.165, 1.54) is 32.1 Å². The molecule has 4 heteroatoms. The van der Waals surface area contributed by atoms with Gasteiger partial charge in [0.1, 0.15) is 0 Å². The van der Waals surface area contributed by atoms with Crippen LogP contribution in [0.1, 0.15) is 44.9 Å². The van der Waals surface area contributed by atoms with E-state index in [0.29, 0.717) is 19.1 Å². The van der Waals surface area contributed by atoms with Gasteiger partial charge >= 0.3 is 0 Å². The van der Waals surface area contributed by atoms with Crippen LogP contribution in [0.3, 0.4) is 0 Å². The smallest absolute Gasteiger partial charge is 0.237 e. The fourth-order valence-corrected chi connectivity index (χ4v) is 5.10. The maximum Gasteiger partial charge on any atom is 0.237 e. The number of fused-ring (bicyclic) bond motifs is 5. The molecule has 0 radical (unpaired) electrons. The van der Waals surface area contributed by atoms with Crippen LogP contribution in [-0.4, -0.2) is 31.7 Å². The third-order valence-electron chi connectivity index (χ3n) is 5.96. The van der Waals surface area contributed by atoms with Gasteiger partial charge in [-0.05, 0) is 62.2 Å². The van der Waals surface area contributed by atoms with Crippen LogP contribution in [0, 0.1) is 23.7 Å². The molecule has 0 heterocycles. The Morgan fingerprint density at radius 2 is 2.10 bits per heavy atom. The maximum atomic E-state index is 12.2. The molecule has 3 saturated carbocycles. The van der Waals surface area contributed by atoms with E-state index in [1.54, 1.807) is 7.11 Å². The lowest BCUT2D eigenvalue weighted by Crippen LogP contribution is -2.49. The molecule has 0 aromatic carbocycles. The van der Waals surface area contributed by atoms with E-state index >= 15 is 0 Å². The van der Waals surface area contributed by atoms with Gasteiger partial charge in [-0.1, -0.05) is 6.42 Å². The Labute approximate surface area is 121 Å². The Balaban J connectivity index is 1.48. The summed E-state index contributed by atoms with van der Waals surface area (Å²) in [5, 5.41) is 3.24. The number of nitrogens with one attached hydrogen (secondary N) is 1. The summed E-state index contributed by atoms with van der Waals surface area (Å²) < 4.78 is 5.01. The van der Waals surface area contributed by atoms with E-state index in [9.17, 15) is 4.79 Å². The molecule has 114 valence electrons. The number of hydrogen-bond donors (Lipinski definition) is 2. The number of hydrogen-bond acceptors (Lipinski definition) is 3. The van der Waals surface area contributed by atoms with Crippen molar-refractivity contribution in [3.8, 4) is 0 Å². The van der Waals surface area contributed by atoms with Gasteiger partial charge < -0.3 is 15.8 Å². The quantitative estimate of drug-likeness (QED) is 0.728. The topological polar surface area (TPSA) is 64.3 Å². The van der Waals surface area contributed by atoms with Crippen molar-refractivity contribution >= 4 is 5.91 Å². The second-order valence-electron chi connectivity index (χ2n) is 7.01. The molecule has 0 spiro atoms. The summed E-state index contributed by atoms with van der Waals surface area (Å²) in [7, 11) is 1.68. The molecule has 20 heavy (non-hydrogen) atoms. The lowest BCUT2D eigenvalue weighted by Gasteiger charge is -2.32. The number of amides is 1. The van der Waals surface area contributed by atoms with Crippen LogP contribution in [-0.2, 0) is 9.53 Å². The number of rotatable bonds is 6. The predicted octanol–water partition coefficient (Wildman–Crippen LogP) is 1.68. The summed E-state index contributed by atoms with van der Waals surface area (Å²) in [6.07, 6.45) is 8.33. The Kier molecular flexibility index (Phi) is 4.32. The largest absolute Gasteiger partial charge is 0.385 e. The van der Waals surface area contributed by atoms with Crippen LogP contribution in [0.25, 0.3) is 0 Å². The van der Waals surface area contributed by atoms with Crippen LogP contribution in [0.2, 0.25) is 0 Å². The van der Waals surface area contributed by atoms with Crippen LogP contribution < -0.4 is 11.1 Å². The molecule has 3 rings (SSSR count). The van der Waals surface area contributed by atoms with Crippen molar-refractivity contribution in [1.82, 2.24) is 5.32 Å². The van der Waals surface area contributed by atoms with Gasteiger partial charge in [0.15, 0.2) is 0 Å². The second-order valence-corrected chi connectivity index (χ2v) is 7.01. The Bertz CT molecular complexity index is 360. The zero-order valence-electron chi connectivity index (χ0n) is 12.5. The molecule has 0 aromatic rings. The summed E-state index contributed by atoms with van der Waals surface area (Å²) in [5.74, 6) is 3.53. The molecule has 1 amide bonds. The van der Waals surface area contributed by atoms with Gasteiger partial charge in [0.2, 0.25) is 5.91 Å². The molecule has 2 bridgehead atoms. The van der Waals surface area contributed by atoms with Crippen molar-refractivity contribution in [2.75, 3.05) is 13.7 Å². The molecule has 6 atom stereocenters. The van der Waals surface area contributed by atoms with Gasteiger partial charge in [-0.25, -0.2) is 0 Å². The van der Waals surface area contributed by atoms with Crippen molar-refractivity contribution < 1.29 is 9.53 Å². The average molecular weight is 280 g/mol. The minimum absolute atomic E-state index is 0.0493. The zero-order valence-corrected chi connectivity index (χ0v) is 12.5. The fourth-order valence-electron chi connectivity index (χ4n) is 5.10. The molecule has 0 aromatic heterocycles. The number of carbonyl (C=O) groups is 1. The minimum atomic E-state index is -0.372. The Morgan fingerprint density at radius 1 is 1.30 bits per heavy atom. The Hall–Kier alpha value is -0.610. The van der Waals surface area contributed by atoms with Crippen molar-refractivity contribution in [2.24, 2.45) is 29.4 Å². The molecule has 3 aliphatic rings. The Morgan fingerprint density at radius 3 is 2.90 bits per heavy atom. The highest BCUT2D eigenvalue weighted by Gasteiger charge is 2.54. The summed E-state index contributed by atoms with van der Waals surface area (Å²) in [4.78, 5) is 12.2. The fraction of sp³-hybridized carbons (Fsp3) is 0.938. The molecule has 6 unspecified atom stereocenters. The molecular weight excluding hydrogens is 252 g/mol. The van der Waals surface area contributed by atoms with Crippen LogP contribution in [0.5, 0.6) is 0 Å². The average Bonchev–Trinajstić information content (AvgIpc) is 3.10. The summed E-state index contributed by atoms with van der Waals surface area (Å²) in [5.41, 5.74) is 5.97. The monoisotopic (exact) mass is 280 g/mol. The summed E-state index contributed by atoms with van der Waals surface area (Å²) in [6, 6.07) is 0.0315. The number of methoxy groups -OCH3 is 1. The number of ether oxygens (including phenoxy) is 1. The van der Waals surface area contributed by atoms with Gasteiger partial charge in [-0.15, -0.1) is 0 Å². The highest BCUT2D eigenvalue weighted by Crippen LogP contribution is 2.58. The normalized spacial score (nSPS) is 39.8. The summed E-state index contributed by atoms with van der Waals surface area (Å²) >= 11 is 0. The second kappa shape index (κ2) is 6.02. The van der Waals surface area contributed by atoms with Gasteiger partial charge in [0.25, 0.3) is 0 Å². The third kappa shape index (κ3) is 2.60. The minimum Gasteiger partial charge on any atom is -0.385 e. The SMILES string of the molecule is COCCCC(N)C(=O)NC1CC2CC1C1CCCC21. The first-order valence-corrected chi connectivity index (χ1v) is 8.25. The van der Waals surface area contributed by atoms with E-state index in [4.69, 9.17) is 10.5 Å². The van der Waals surface area contributed by atoms with E-state index in [0.717, 1.165) is 30.1 Å². The maximum absolute atomic E-state index is 12.2. The standard InChI is InChI=1S/C16H28N2O2/c1-20-7-3-6-14(17)16(19)18-15-9-10-8-13(15)12-5-2-4-11(10)12/h10-15H,2-9,17H2,1H3,(H,18,19). The van der Waals surface area contributed by atoms with Crippen molar-refractivity contribution in [2.45, 2.75) is 57.0 Å². The first kappa shape index (κ1) is 14.3. The summed E-state index contributed by atoms with van der Waals surface area (Å²) in [6.45, 7) is 0.679. The van der Waals surface area contributed by atoms with Gasteiger partial charge in [-0.3, -0.25) is 4.79 Å². The molecule has 3 fully saturated rings. The molecule has 0 saturated heterocycles. The van der Waals surface area contributed by atoms with E-state index in [-0.39, 0.29) is 11.9 Å². The lowest BCUT2D eigenvalue weighted by molar-refractivity contribution is -0.123. The van der Waals surface area contributed by atoms with Gasteiger partial charge in [0, 0.05) is 19.8 Å². The van der Waals surface area contributed by atoms with E-state index in [1.807, 2.05) is 0 Å². The number of nitrogens with two attached hydrogens (primary N) is 1. The number of carbonyl (C=O) groups excluding carboxylic acids is 1. The molecule has 4 nitrogen and oxygen atoms in total. The van der Waals surface area contributed by atoms with E-state index < -0.39 is 0 Å². The van der Waals surface area contributed by atoms with E-state index in [2.05, 4.69) is 5.32 Å². The predicted molar refractivity (Wildman–Crippen MR) is 78.1 cm³/mol. The van der Waals surface area contributed by atoms with Gasteiger partial charge in [0.05, 0.1) is 6.04 Å². The van der Waals surface area contributed by atoms with Crippen molar-refractivity contribution in [3.05, 3.63) is 0 Å². The molecule has 0 aliphatic heterocycles. The van der Waals surface area contributed by atoms with Crippen LogP contribution >= 0.6 is 0 Å². The first-order chi connectivity index (χ1) is 9.70. The van der Waals surface area contributed by atoms with Crippen molar-refractivity contribution in [3.63, 3.8) is 0 Å². The third-order valence-corrected chi connectivity index (χ3v) is 5.96. The van der Waals surface area contributed by atoms with Gasteiger partial charge in [-0.2, -0.15) is 0 Å². The highest BCUT2D eigenvalue weighted by molar-refractivity contribution is 5.81. The first-order valence-electron chi connectivity index (χ1n) is 8.25. The molecular formula is C16H28N2O2. The van der Waals surface area contributed by atoms with Crippen LogP contribution in [0.4, 0.5) is 0 Å². The zero-order chi connectivity index (χ0) is 14.1. The lowest BCUT2D eigenvalue weighted by atomic mass is 9.79. The van der Waals surface area contributed by atoms with Crippen molar-refractivity contribution in [1.29, 1.82) is 0 Å². The molecule has 3 N–H and O–H groups in total. The molecule has 3 aliphatic carbocycles. The highest BCUT2D eigenvalue weighted by atomic mass is 16.5.